The maximum atomic E-state index is 11.9. The summed E-state index contributed by atoms with van der Waals surface area (Å²) in [5.74, 6) is 0.252. The van der Waals surface area contributed by atoms with Crippen LogP contribution in [0.25, 0.3) is 16.7 Å². The fourth-order valence-corrected chi connectivity index (χ4v) is 2.53. The van der Waals surface area contributed by atoms with E-state index in [0.29, 0.717) is 17.9 Å². The van der Waals surface area contributed by atoms with Gasteiger partial charge in [0, 0.05) is 12.0 Å². The molecule has 5 heteroatoms. The molecule has 0 atom stereocenters. The molecule has 0 fully saturated rings. The highest BCUT2D eigenvalue weighted by Gasteiger charge is 2.24. The lowest BCUT2D eigenvalue weighted by Gasteiger charge is -2.23. The molecule has 3 aromatic rings. The second-order valence-electron chi connectivity index (χ2n) is 6.71. The fraction of sp³-hybridized carbons (Fsp3) is 0.316. The second-order valence-corrected chi connectivity index (χ2v) is 6.71. The number of carbonyl (C=O) groups excluding carboxylic acids is 1. The van der Waals surface area contributed by atoms with E-state index in [2.05, 4.69) is 31.0 Å². The average Bonchev–Trinajstić information content (AvgIpc) is 2.97. The van der Waals surface area contributed by atoms with Crippen LogP contribution in [0.15, 0.2) is 42.5 Å². The Hall–Kier alpha value is -2.69. The van der Waals surface area contributed by atoms with Crippen molar-refractivity contribution in [2.24, 2.45) is 0 Å². The van der Waals surface area contributed by atoms with Gasteiger partial charge in [0.15, 0.2) is 5.75 Å². The van der Waals surface area contributed by atoms with Crippen molar-refractivity contribution < 1.29 is 9.53 Å². The van der Waals surface area contributed by atoms with Crippen LogP contribution in [0.2, 0.25) is 0 Å². The van der Waals surface area contributed by atoms with E-state index in [1.807, 2.05) is 42.5 Å². The zero-order chi connectivity index (χ0) is 17.3. The molecule has 0 radical (unpaired) electrons. The van der Waals surface area contributed by atoms with E-state index >= 15 is 0 Å². The molecule has 1 heterocycles. The number of fused-ring (bicyclic) bond motifs is 1. The van der Waals surface area contributed by atoms with E-state index in [-0.39, 0.29) is 11.4 Å². The van der Waals surface area contributed by atoms with Gasteiger partial charge in [-0.2, -0.15) is 0 Å². The summed E-state index contributed by atoms with van der Waals surface area (Å²) in [6, 6.07) is 13.4. The van der Waals surface area contributed by atoms with Crippen LogP contribution in [0.5, 0.6) is 5.75 Å². The molecule has 124 valence electrons. The van der Waals surface area contributed by atoms with Gasteiger partial charge in [0.05, 0.1) is 0 Å². The molecule has 3 rings (SSSR count). The van der Waals surface area contributed by atoms with Crippen LogP contribution in [0.1, 0.15) is 39.7 Å². The van der Waals surface area contributed by atoms with Crippen molar-refractivity contribution in [2.75, 3.05) is 0 Å². The quantitative estimate of drug-likeness (QED) is 0.539. The number of ether oxygens (including phenoxy) is 1. The summed E-state index contributed by atoms with van der Waals surface area (Å²) in [4.78, 5) is 13.5. The van der Waals surface area contributed by atoms with E-state index in [9.17, 15) is 4.79 Å². The topological polar surface area (TPSA) is 57.0 Å². The van der Waals surface area contributed by atoms with Crippen LogP contribution in [-0.2, 0) is 10.2 Å². The number of hydrogen-bond acceptors (Lipinski definition) is 4. The Bertz CT molecular complexity index is 858. The minimum absolute atomic E-state index is 0.175. The molecule has 0 bridgehead atoms. The molecule has 24 heavy (non-hydrogen) atoms. The lowest BCUT2D eigenvalue weighted by atomic mass is 9.86. The van der Waals surface area contributed by atoms with E-state index in [4.69, 9.17) is 4.74 Å². The summed E-state index contributed by atoms with van der Waals surface area (Å²) in [7, 11) is 0. The van der Waals surface area contributed by atoms with Gasteiger partial charge in [0.1, 0.15) is 16.7 Å². The van der Waals surface area contributed by atoms with Crippen molar-refractivity contribution in [3.05, 3.63) is 48.0 Å². The third-order valence-corrected chi connectivity index (χ3v) is 3.81. The molecule has 0 N–H and O–H groups in total. The van der Waals surface area contributed by atoms with Crippen molar-refractivity contribution in [3.8, 4) is 11.4 Å². The number of carbonyl (C=O) groups is 1. The Balaban J connectivity index is 2.20. The van der Waals surface area contributed by atoms with Crippen molar-refractivity contribution in [2.45, 2.75) is 39.5 Å². The van der Waals surface area contributed by atoms with Crippen molar-refractivity contribution in [3.63, 3.8) is 0 Å². The summed E-state index contributed by atoms with van der Waals surface area (Å²) in [6.45, 7) is 8.04. The number of esters is 1. The molecule has 0 saturated carbocycles. The molecule has 2 aromatic carbocycles. The number of nitrogens with zero attached hydrogens (tertiary/aromatic N) is 3. The summed E-state index contributed by atoms with van der Waals surface area (Å²) >= 11 is 0. The van der Waals surface area contributed by atoms with Crippen LogP contribution in [0.3, 0.4) is 0 Å². The first-order valence-corrected chi connectivity index (χ1v) is 8.07. The van der Waals surface area contributed by atoms with Gasteiger partial charge in [-0.3, -0.25) is 4.79 Å². The van der Waals surface area contributed by atoms with E-state index in [1.54, 1.807) is 6.92 Å². The highest BCUT2D eigenvalue weighted by atomic mass is 16.5. The largest absolute Gasteiger partial charge is 0.424 e. The van der Waals surface area contributed by atoms with Crippen LogP contribution < -0.4 is 4.74 Å². The zero-order valence-electron chi connectivity index (χ0n) is 14.4. The van der Waals surface area contributed by atoms with Gasteiger partial charge in [0.25, 0.3) is 0 Å². The van der Waals surface area contributed by atoms with Gasteiger partial charge in [-0.15, -0.1) is 15.0 Å². The first-order valence-electron chi connectivity index (χ1n) is 8.07. The third-order valence-electron chi connectivity index (χ3n) is 3.81. The number of hydrogen-bond donors (Lipinski definition) is 0. The monoisotopic (exact) mass is 323 g/mol. The Morgan fingerprint density at radius 3 is 2.21 bits per heavy atom. The Labute approximate surface area is 141 Å². The van der Waals surface area contributed by atoms with E-state index in [1.165, 1.54) is 4.80 Å². The van der Waals surface area contributed by atoms with Gasteiger partial charge in [-0.1, -0.05) is 52.0 Å². The van der Waals surface area contributed by atoms with Gasteiger partial charge in [0.2, 0.25) is 0 Å². The number of aromatic nitrogens is 3. The van der Waals surface area contributed by atoms with E-state index < -0.39 is 0 Å². The molecule has 0 aliphatic heterocycles. The molecule has 0 aliphatic rings. The van der Waals surface area contributed by atoms with Crippen LogP contribution >= 0.6 is 0 Å². The first-order chi connectivity index (χ1) is 11.4. The second kappa shape index (κ2) is 6.07. The van der Waals surface area contributed by atoms with Crippen LogP contribution in [-0.4, -0.2) is 21.0 Å². The standard InChI is InChI=1S/C19H21N3O2/c1-5-17(23)24-18-13(19(2,3)4)9-8-12-16(18)22-20-14-10-6-7-11-15(14)21-22/h6-12H,5H2,1-4H3. The van der Waals surface area contributed by atoms with Crippen molar-refractivity contribution >= 4 is 17.0 Å². The predicted molar refractivity (Wildman–Crippen MR) is 93.5 cm³/mol. The van der Waals surface area contributed by atoms with E-state index in [0.717, 1.165) is 16.6 Å². The molecule has 0 aliphatic carbocycles. The summed E-state index contributed by atoms with van der Waals surface area (Å²) < 4.78 is 5.66. The first kappa shape index (κ1) is 16.2. The average molecular weight is 323 g/mol. The minimum atomic E-state index is -0.273. The molecular formula is C19H21N3O2. The van der Waals surface area contributed by atoms with Crippen LogP contribution in [0, 0.1) is 0 Å². The fourth-order valence-electron chi connectivity index (χ4n) is 2.53. The van der Waals surface area contributed by atoms with Gasteiger partial charge in [-0.05, 0) is 23.6 Å². The normalized spacial score (nSPS) is 11.7. The molecule has 0 unspecified atom stereocenters. The molecular weight excluding hydrogens is 302 g/mol. The maximum Gasteiger partial charge on any atom is 0.310 e. The Kier molecular flexibility index (Phi) is 4.09. The summed E-state index contributed by atoms with van der Waals surface area (Å²) in [6.07, 6.45) is 0.312. The van der Waals surface area contributed by atoms with Gasteiger partial charge in [-0.25, -0.2) is 0 Å². The summed E-state index contributed by atoms with van der Waals surface area (Å²) in [5.41, 5.74) is 3.04. The summed E-state index contributed by atoms with van der Waals surface area (Å²) in [5, 5.41) is 9.03. The SMILES string of the molecule is CCC(=O)Oc1c(-n2nc3ccccc3n2)cccc1C(C)(C)C. The van der Waals surface area contributed by atoms with Gasteiger partial charge >= 0.3 is 5.97 Å². The Morgan fingerprint density at radius 1 is 1.04 bits per heavy atom. The third kappa shape index (κ3) is 3.02. The predicted octanol–water partition coefficient (Wildman–Crippen LogP) is 4.03. The highest BCUT2D eigenvalue weighted by molar-refractivity contribution is 5.76. The van der Waals surface area contributed by atoms with Crippen molar-refractivity contribution in [1.82, 2.24) is 15.0 Å². The van der Waals surface area contributed by atoms with Gasteiger partial charge < -0.3 is 4.74 Å². The smallest absolute Gasteiger partial charge is 0.310 e. The molecule has 0 amide bonds. The molecule has 0 saturated heterocycles. The lowest BCUT2D eigenvalue weighted by Crippen LogP contribution is -2.18. The minimum Gasteiger partial charge on any atom is -0.424 e. The maximum absolute atomic E-state index is 11.9. The number of rotatable bonds is 3. The lowest BCUT2D eigenvalue weighted by molar-refractivity contribution is -0.134. The zero-order valence-corrected chi connectivity index (χ0v) is 14.4. The highest BCUT2D eigenvalue weighted by Crippen LogP contribution is 2.36. The van der Waals surface area contributed by atoms with Crippen molar-refractivity contribution in [1.29, 1.82) is 0 Å². The molecule has 0 spiro atoms. The molecule has 1 aromatic heterocycles. The number of benzene rings is 2. The number of para-hydroxylation sites is 1. The Morgan fingerprint density at radius 2 is 1.67 bits per heavy atom. The molecule has 5 nitrogen and oxygen atoms in total. The van der Waals surface area contributed by atoms with Crippen LogP contribution in [0.4, 0.5) is 0 Å².